The summed E-state index contributed by atoms with van der Waals surface area (Å²) in [6, 6.07) is 2.41. The molecule has 148 valence electrons. The Labute approximate surface area is 162 Å². The van der Waals surface area contributed by atoms with E-state index < -0.39 is 0 Å². The summed E-state index contributed by atoms with van der Waals surface area (Å²) in [5.41, 5.74) is 3.03. The number of hydrogen-bond donors (Lipinski definition) is 2. The van der Waals surface area contributed by atoms with E-state index in [4.69, 9.17) is 9.72 Å². The van der Waals surface area contributed by atoms with Gasteiger partial charge in [-0.3, -0.25) is 0 Å². The van der Waals surface area contributed by atoms with Crippen LogP contribution in [-0.4, -0.2) is 74.8 Å². The van der Waals surface area contributed by atoms with Crippen LogP contribution in [0.5, 0.6) is 0 Å². The van der Waals surface area contributed by atoms with Crippen LogP contribution in [0.1, 0.15) is 36.0 Å². The van der Waals surface area contributed by atoms with Crippen LogP contribution in [0.15, 0.2) is 0 Å². The third-order valence-corrected chi connectivity index (χ3v) is 5.29. The van der Waals surface area contributed by atoms with Crippen molar-refractivity contribution in [3.05, 3.63) is 16.7 Å². The van der Waals surface area contributed by atoms with Crippen molar-refractivity contribution in [3.8, 4) is 6.07 Å². The summed E-state index contributed by atoms with van der Waals surface area (Å²) >= 11 is 0. The van der Waals surface area contributed by atoms with Crippen molar-refractivity contribution in [1.29, 1.82) is 5.26 Å². The fourth-order valence-electron chi connectivity index (χ4n) is 3.78. The van der Waals surface area contributed by atoms with Crippen molar-refractivity contribution < 1.29 is 4.74 Å². The first-order valence-electron chi connectivity index (χ1n) is 9.97. The number of fused-ring (bicyclic) bond motifs is 1. The second-order valence-corrected chi connectivity index (χ2v) is 7.84. The number of pyridine rings is 1. The zero-order valence-corrected chi connectivity index (χ0v) is 16.8. The van der Waals surface area contributed by atoms with Crippen LogP contribution in [0.2, 0.25) is 0 Å². The normalized spacial score (nSPS) is 19.7. The summed E-state index contributed by atoms with van der Waals surface area (Å²) in [5.74, 6) is 1.62. The molecule has 0 unspecified atom stereocenters. The molecule has 7 nitrogen and oxygen atoms in total. The molecule has 7 heteroatoms. The van der Waals surface area contributed by atoms with Crippen molar-refractivity contribution in [1.82, 2.24) is 14.8 Å². The highest BCUT2D eigenvalue weighted by Gasteiger charge is 2.25. The van der Waals surface area contributed by atoms with E-state index in [2.05, 4.69) is 47.6 Å². The fraction of sp³-hybridized carbons (Fsp3) is 0.700. The van der Waals surface area contributed by atoms with E-state index in [0.717, 1.165) is 87.8 Å². The van der Waals surface area contributed by atoms with E-state index >= 15 is 0 Å². The number of likely N-dealkylation sites (N-methyl/N-ethyl adjacent to an activating group) is 1. The first kappa shape index (κ1) is 19.9. The fourth-order valence-corrected chi connectivity index (χ4v) is 3.78. The summed E-state index contributed by atoms with van der Waals surface area (Å²) in [4.78, 5) is 9.28. The van der Waals surface area contributed by atoms with Gasteiger partial charge in [-0.2, -0.15) is 5.26 Å². The summed E-state index contributed by atoms with van der Waals surface area (Å²) in [5, 5.41) is 16.7. The van der Waals surface area contributed by atoms with Gasteiger partial charge in [-0.25, -0.2) is 4.98 Å². The average molecular weight is 373 g/mol. The Balaban J connectivity index is 1.81. The number of ether oxygens (including phenoxy) is 1. The Morgan fingerprint density at radius 1 is 1.30 bits per heavy atom. The van der Waals surface area contributed by atoms with E-state index in [0.29, 0.717) is 5.56 Å². The van der Waals surface area contributed by atoms with Crippen LogP contribution in [0.4, 0.5) is 11.6 Å². The van der Waals surface area contributed by atoms with E-state index in [1.807, 2.05) is 0 Å². The quantitative estimate of drug-likeness (QED) is 0.675. The van der Waals surface area contributed by atoms with Gasteiger partial charge in [0, 0.05) is 38.3 Å². The number of anilines is 2. The number of rotatable bonds is 8. The molecule has 0 spiro atoms. The topological polar surface area (TPSA) is 76.5 Å². The molecule has 2 aliphatic heterocycles. The van der Waals surface area contributed by atoms with Gasteiger partial charge < -0.3 is 25.2 Å². The molecule has 1 saturated heterocycles. The molecule has 27 heavy (non-hydrogen) atoms. The van der Waals surface area contributed by atoms with Gasteiger partial charge in [-0.15, -0.1) is 0 Å². The number of hydrogen-bond acceptors (Lipinski definition) is 7. The van der Waals surface area contributed by atoms with Gasteiger partial charge in [0.1, 0.15) is 17.7 Å². The molecule has 2 N–H and O–H groups in total. The lowest BCUT2D eigenvalue weighted by Crippen LogP contribution is -2.30. The van der Waals surface area contributed by atoms with Gasteiger partial charge in [0.15, 0.2) is 0 Å². The molecule has 1 fully saturated rings. The Morgan fingerprint density at radius 3 is 2.85 bits per heavy atom. The minimum absolute atomic E-state index is 0.260. The van der Waals surface area contributed by atoms with Crippen LogP contribution >= 0.6 is 0 Å². The highest BCUT2D eigenvalue weighted by Crippen LogP contribution is 2.31. The third-order valence-electron chi connectivity index (χ3n) is 5.29. The Morgan fingerprint density at radius 2 is 2.15 bits per heavy atom. The SMILES string of the molecule is CN(C)CCCNc1nc(NC[C@@H]2CCCO2)c2c(c1C#N)CCN(C)C2. The Hall–Kier alpha value is -1.88. The lowest BCUT2D eigenvalue weighted by Gasteiger charge is -2.29. The molecule has 0 saturated carbocycles. The maximum absolute atomic E-state index is 9.79. The monoisotopic (exact) mass is 372 g/mol. The van der Waals surface area contributed by atoms with Gasteiger partial charge in [0.05, 0.1) is 11.7 Å². The molecule has 0 aromatic carbocycles. The van der Waals surface area contributed by atoms with Crippen molar-refractivity contribution in [2.45, 2.75) is 38.3 Å². The van der Waals surface area contributed by atoms with Gasteiger partial charge in [-0.05, 0) is 58.9 Å². The molecular weight excluding hydrogens is 340 g/mol. The summed E-state index contributed by atoms with van der Waals surface area (Å²) in [6.45, 7) is 5.24. The maximum atomic E-state index is 9.79. The summed E-state index contributed by atoms with van der Waals surface area (Å²) in [6.07, 6.45) is 4.39. The van der Waals surface area contributed by atoms with Crippen LogP contribution in [0, 0.1) is 11.3 Å². The molecule has 1 aromatic heterocycles. The van der Waals surface area contributed by atoms with E-state index in [1.54, 1.807) is 0 Å². The number of nitrogens with zero attached hydrogens (tertiary/aromatic N) is 4. The Bertz CT molecular complexity index is 678. The Kier molecular flexibility index (Phi) is 6.89. The van der Waals surface area contributed by atoms with Crippen LogP contribution in [-0.2, 0) is 17.7 Å². The molecule has 1 atom stereocenters. The second kappa shape index (κ2) is 9.36. The first-order chi connectivity index (χ1) is 13.1. The average Bonchev–Trinajstić information content (AvgIpc) is 3.16. The van der Waals surface area contributed by atoms with Crippen LogP contribution < -0.4 is 10.6 Å². The standard InChI is InChI=1S/C20H32N6O/c1-25(2)9-5-8-22-19-17(12-21)16-7-10-26(3)14-18(16)20(24-19)23-13-15-6-4-11-27-15/h15H,4-11,13-14H2,1-3H3,(H2,22,23,24)/t15-/m0/s1. The third kappa shape index (κ3) is 5.10. The van der Waals surface area contributed by atoms with E-state index in [-0.39, 0.29) is 6.10 Å². The number of nitriles is 1. The molecule has 2 aliphatic rings. The second-order valence-electron chi connectivity index (χ2n) is 7.84. The minimum atomic E-state index is 0.260. The molecule has 3 heterocycles. The summed E-state index contributed by atoms with van der Waals surface area (Å²) in [7, 11) is 6.26. The molecular formula is C20H32N6O. The molecule has 0 radical (unpaired) electrons. The maximum Gasteiger partial charge on any atom is 0.146 e. The number of nitrogens with one attached hydrogen (secondary N) is 2. The van der Waals surface area contributed by atoms with Crippen molar-refractivity contribution >= 4 is 11.6 Å². The highest BCUT2D eigenvalue weighted by atomic mass is 16.5. The van der Waals surface area contributed by atoms with Crippen LogP contribution in [0.25, 0.3) is 0 Å². The lowest BCUT2D eigenvalue weighted by molar-refractivity contribution is 0.120. The first-order valence-corrected chi connectivity index (χ1v) is 9.97. The zero-order chi connectivity index (χ0) is 19.2. The van der Waals surface area contributed by atoms with Crippen LogP contribution in [0.3, 0.4) is 0 Å². The van der Waals surface area contributed by atoms with E-state index in [9.17, 15) is 5.26 Å². The van der Waals surface area contributed by atoms with Gasteiger partial charge in [0.2, 0.25) is 0 Å². The van der Waals surface area contributed by atoms with Gasteiger partial charge >= 0.3 is 0 Å². The predicted molar refractivity (Wildman–Crippen MR) is 108 cm³/mol. The van der Waals surface area contributed by atoms with E-state index in [1.165, 1.54) is 0 Å². The molecule has 0 amide bonds. The highest BCUT2D eigenvalue weighted by molar-refractivity contribution is 5.66. The van der Waals surface area contributed by atoms with Crippen molar-refractivity contribution in [3.63, 3.8) is 0 Å². The molecule has 0 bridgehead atoms. The largest absolute Gasteiger partial charge is 0.376 e. The minimum Gasteiger partial charge on any atom is -0.376 e. The summed E-state index contributed by atoms with van der Waals surface area (Å²) < 4.78 is 5.74. The van der Waals surface area contributed by atoms with Gasteiger partial charge in [0.25, 0.3) is 0 Å². The molecule has 3 rings (SSSR count). The van der Waals surface area contributed by atoms with Gasteiger partial charge in [-0.1, -0.05) is 0 Å². The van der Waals surface area contributed by atoms with Crippen molar-refractivity contribution in [2.75, 3.05) is 64.6 Å². The lowest BCUT2D eigenvalue weighted by atomic mass is 9.96. The molecule has 0 aliphatic carbocycles. The number of aromatic nitrogens is 1. The smallest absolute Gasteiger partial charge is 0.146 e. The predicted octanol–water partition coefficient (Wildman–Crippen LogP) is 1.90. The van der Waals surface area contributed by atoms with Crippen molar-refractivity contribution in [2.24, 2.45) is 0 Å². The zero-order valence-electron chi connectivity index (χ0n) is 16.8. The molecule has 1 aromatic rings.